The average molecular weight is 310 g/mol. The molecule has 0 saturated carbocycles. The van der Waals surface area contributed by atoms with Gasteiger partial charge in [-0.15, -0.1) is 16.4 Å². The van der Waals surface area contributed by atoms with E-state index in [1.807, 2.05) is 35.7 Å². The molecule has 108 valence electrons. The third-order valence-corrected chi connectivity index (χ3v) is 4.12. The van der Waals surface area contributed by atoms with E-state index >= 15 is 0 Å². The second-order valence-electron chi connectivity index (χ2n) is 4.69. The lowest BCUT2D eigenvalue weighted by atomic mass is 10.2. The van der Waals surface area contributed by atoms with Gasteiger partial charge in [-0.1, -0.05) is 35.5 Å². The van der Waals surface area contributed by atoms with Gasteiger partial charge in [0.05, 0.1) is 5.69 Å². The molecule has 0 radical (unpaired) electrons. The van der Waals surface area contributed by atoms with Crippen molar-refractivity contribution in [2.75, 3.05) is 0 Å². The molecule has 0 aliphatic rings. The van der Waals surface area contributed by atoms with Gasteiger partial charge in [-0.3, -0.25) is 0 Å². The number of fused-ring (bicyclic) bond motifs is 1. The van der Waals surface area contributed by atoms with E-state index in [9.17, 15) is 4.79 Å². The lowest BCUT2D eigenvalue weighted by Crippen LogP contribution is -2.26. The number of hydrogen-bond acceptors (Lipinski definition) is 6. The van der Waals surface area contributed by atoms with Crippen LogP contribution < -0.4 is 5.69 Å². The first-order valence-corrected chi connectivity index (χ1v) is 7.40. The Balaban J connectivity index is 1.85. The Hall–Kier alpha value is -2.87. The summed E-state index contributed by atoms with van der Waals surface area (Å²) in [5.74, 6) is 0. The highest BCUT2D eigenvalue weighted by molar-refractivity contribution is 7.13. The maximum atomic E-state index is 12.0. The lowest BCUT2D eigenvalue weighted by Gasteiger charge is -1.96. The Labute approximate surface area is 128 Å². The Morgan fingerprint density at radius 2 is 2.00 bits per heavy atom. The molecule has 0 spiro atoms. The number of benzene rings is 1. The van der Waals surface area contributed by atoms with Crippen LogP contribution in [0.3, 0.4) is 0 Å². The van der Waals surface area contributed by atoms with Crippen LogP contribution in [-0.4, -0.2) is 29.4 Å². The summed E-state index contributed by atoms with van der Waals surface area (Å²) in [7, 11) is 1.55. The minimum Gasteiger partial charge on any atom is -0.245 e. The summed E-state index contributed by atoms with van der Waals surface area (Å²) in [6.45, 7) is 0. The Morgan fingerprint density at radius 3 is 2.82 bits per heavy atom. The van der Waals surface area contributed by atoms with Crippen molar-refractivity contribution in [1.82, 2.24) is 29.4 Å². The molecule has 7 nitrogen and oxygen atoms in total. The number of imidazole rings is 1. The second-order valence-corrected chi connectivity index (χ2v) is 5.54. The van der Waals surface area contributed by atoms with Crippen LogP contribution in [0.2, 0.25) is 0 Å². The van der Waals surface area contributed by atoms with E-state index in [0.717, 1.165) is 15.9 Å². The quantitative estimate of drug-likeness (QED) is 0.562. The van der Waals surface area contributed by atoms with E-state index in [0.29, 0.717) is 16.3 Å². The van der Waals surface area contributed by atoms with Crippen molar-refractivity contribution >= 4 is 17.0 Å². The first-order valence-electron chi connectivity index (χ1n) is 6.52. The molecule has 3 heterocycles. The van der Waals surface area contributed by atoms with Crippen molar-refractivity contribution in [3.63, 3.8) is 0 Å². The molecule has 0 unspecified atom stereocenters. The topological polar surface area (TPSA) is 78.0 Å². The molecule has 0 amide bonds. The number of hydrogen-bond donors (Lipinski definition) is 0. The molecule has 0 bridgehead atoms. The highest BCUT2D eigenvalue weighted by Gasteiger charge is 2.15. The highest BCUT2D eigenvalue weighted by Crippen LogP contribution is 2.29. The lowest BCUT2D eigenvalue weighted by molar-refractivity contribution is 0.607. The second kappa shape index (κ2) is 4.85. The third kappa shape index (κ3) is 1.92. The molecule has 0 fully saturated rings. The number of nitrogens with zero attached hydrogens (tertiary/aromatic N) is 6. The van der Waals surface area contributed by atoms with Gasteiger partial charge >= 0.3 is 5.69 Å². The minimum atomic E-state index is -0.288. The monoisotopic (exact) mass is 310 g/mol. The number of thiazole rings is 1. The highest BCUT2D eigenvalue weighted by atomic mass is 32.1. The summed E-state index contributed by atoms with van der Waals surface area (Å²) in [6, 6.07) is 9.90. The zero-order valence-electron chi connectivity index (χ0n) is 11.5. The van der Waals surface area contributed by atoms with Crippen molar-refractivity contribution < 1.29 is 0 Å². The standard InChI is InChI=1S/C14H10N6OS/c1-19-14(21)20-8-15-11(12(20)17-18-19)13-16-10(7-22-13)9-5-3-2-4-6-9/h2-8H,1H3. The normalized spacial score (nSPS) is 11.1. The van der Waals surface area contributed by atoms with Gasteiger partial charge in [0.15, 0.2) is 5.65 Å². The molecule has 3 aromatic heterocycles. The van der Waals surface area contributed by atoms with Crippen molar-refractivity contribution in [1.29, 1.82) is 0 Å². The van der Waals surface area contributed by atoms with E-state index in [-0.39, 0.29) is 5.69 Å². The largest absolute Gasteiger partial charge is 0.352 e. The molecule has 22 heavy (non-hydrogen) atoms. The van der Waals surface area contributed by atoms with Crippen molar-refractivity contribution in [3.05, 3.63) is 52.5 Å². The van der Waals surface area contributed by atoms with Crippen LogP contribution >= 0.6 is 11.3 Å². The van der Waals surface area contributed by atoms with Crippen LogP contribution in [0.15, 0.2) is 46.8 Å². The predicted octanol–water partition coefficient (Wildman–Crippen LogP) is 1.61. The van der Waals surface area contributed by atoms with E-state index in [1.165, 1.54) is 22.1 Å². The first-order chi connectivity index (χ1) is 10.7. The SMILES string of the molecule is Cn1nnc2c(-c3nc(-c4ccccc4)cs3)ncn2c1=O. The van der Waals surface area contributed by atoms with Crippen molar-refractivity contribution in [3.8, 4) is 22.0 Å². The minimum absolute atomic E-state index is 0.288. The molecule has 4 aromatic rings. The summed E-state index contributed by atoms with van der Waals surface area (Å²) in [5, 5.41) is 10.5. The third-order valence-electron chi connectivity index (χ3n) is 3.28. The van der Waals surface area contributed by atoms with Crippen LogP contribution in [-0.2, 0) is 7.05 Å². The fourth-order valence-corrected chi connectivity index (χ4v) is 2.97. The van der Waals surface area contributed by atoms with Gasteiger partial charge in [0.1, 0.15) is 17.0 Å². The molecule has 0 N–H and O–H groups in total. The summed E-state index contributed by atoms with van der Waals surface area (Å²) in [6.07, 6.45) is 1.45. The van der Waals surface area contributed by atoms with Gasteiger partial charge in [-0.25, -0.2) is 19.2 Å². The Kier molecular flexibility index (Phi) is 2.83. The smallest absolute Gasteiger partial charge is 0.245 e. The van der Waals surface area contributed by atoms with Gasteiger partial charge in [-0.05, 0) is 0 Å². The predicted molar refractivity (Wildman–Crippen MR) is 82.6 cm³/mol. The van der Waals surface area contributed by atoms with Crippen LogP contribution in [0, 0.1) is 0 Å². The number of rotatable bonds is 2. The van der Waals surface area contributed by atoms with E-state index in [4.69, 9.17) is 0 Å². The zero-order chi connectivity index (χ0) is 15.1. The maximum Gasteiger partial charge on any atom is 0.352 e. The Morgan fingerprint density at radius 1 is 1.18 bits per heavy atom. The molecule has 1 aromatic carbocycles. The summed E-state index contributed by atoms with van der Waals surface area (Å²) < 4.78 is 2.53. The zero-order valence-corrected chi connectivity index (χ0v) is 12.4. The van der Waals surface area contributed by atoms with Gasteiger partial charge in [0.25, 0.3) is 0 Å². The van der Waals surface area contributed by atoms with Crippen LogP contribution in [0.5, 0.6) is 0 Å². The summed E-state index contributed by atoms with van der Waals surface area (Å²) in [5.41, 5.74) is 2.60. The van der Waals surface area contributed by atoms with E-state index in [1.54, 1.807) is 7.05 Å². The van der Waals surface area contributed by atoms with E-state index in [2.05, 4.69) is 20.3 Å². The molecular weight excluding hydrogens is 300 g/mol. The van der Waals surface area contributed by atoms with Crippen molar-refractivity contribution in [2.45, 2.75) is 0 Å². The van der Waals surface area contributed by atoms with Crippen LogP contribution in [0.1, 0.15) is 0 Å². The number of aromatic nitrogens is 6. The van der Waals surface area contributed by atoms with Crippen molar-refractivity contribution in [2.24, 2.45) is 7.05 Å². The molecular formula is C14H10N6OS. The molecule has 0 aliphatic heterocycles. The fourth-order valence-electron chi connectivity index (χ4n) is 2.16. The summed E-state index contributed by atoms with van der Waals surface area (Å²) in [4.78, 5) is 20.8. The molecule has 0 saturated heterocycles. The maximum absolute atomic E-state index is 12.0. The number of aryl methyl sites for hydroxylation is 1. The van der Waals surface area contributed by atoms with Gasteiger partial charge in [-0.2, -0.15) is 4.68 Å². The fraction of sp³-hybridized carbons (Fsp3) is 0.0714. The molecule has 4 rings (SSSR count). The van der Waals surface area contributed by atoms with E-state index < -0.39 is 0 Å². The van der Waals surface area contributed by atoms with Crippen LogP contribution in [0.4, 0.5) is 0 Å². The van der Waals surface area contributed by atoms with Gasteiger partial charge < -0.3 is 0 Å². The first kappa shape index (κ1) is 12.8. The molecule has 0 aliphatic carbocycles. The summed E-state index contributed by atoms with van der Waals surface area (Å²) >= 11 is 1.46. The Bertz CT molecular complexity index is 1020. The average Bonchev–Trinajstić information content (AvgIpc) is 3.18. The molecule has 0 atom stereocenters. The van der Waals surface area contributed by atoms with Crippen LogP contribution in [0.25, 0.3) is 27.6 Å². The molecule has 8 heteroatoms. The van der Waals surface area contributed by atoms with Gasteiger partial charge in [0, 0.05) is 18.0 Å². The van der Waals surface area contributed by atoms with Gasteiger partial charge in [0.2, 0.25) is 0 Å².